The second-order valence-corrected chi connectivity index (χ2v) is 4.54. The van der Waals surface area contributed by atoms with Gasteiger partial charge in [0.15, 0.2) is 5.69 Å². The summed E-state index contributed by atoms with van der Waals surface area (Å²) >= 11 is 0. The first kappa shape index (κ1) is 12.9. The monoisotopic (exact) mass is 259 g/mol. The Labute approximate surface area is 111 Å². The Morgan fingerprint density at radius 3 is 2.42 bits per heavy atom. The molecule has 0 unspecified atom stereocenters. The fourth-order valence-corrected chi connectivity index (χ4v) is 1.75. The number of benzene rings is 1. The molecule has 0 fully saturated rings. The smallest absolute Gasteiger partial charge is 0.269 e. The van der Waals surface area contributed by atoms with E-state index in [4.69, 9.17) is 11.5 Å². The molecule has 0 spiro atoms. The van der Waals surface area contributed by atoms with Crippen LogP contribution in [0.15, 0.2) is 30.3 Å². The van der Waals surface area contributed by atoms with Crippen LogP contribution in [-0.2, 0) is 6.54 Å². The van der Waals surface area contributed by atoms with Crippen LogP contribution in [0.3, 0.4) is 0 Å². The van der Waals surface area contributed by atoms with Crippen LogP contribution >= 0.6 is 0 Å². The third kappa shape index (κ3) is 2.85. The first-order valence-electron chi connectivity index (χ1n) is 5.87. The Hall–Kier alpha value is -2.50. The minimum Gasteiger partial charge on any atom is -0.384 e. The van der Waals surface area contributed by atoms with Crippen LogP contribution in [0.25, 0.3) is 0 Å². The highest BCUT2D eigenvalue weighted by molar-refractivity contribution is 5.91. The summed E-state index contributed by atoms with van der Waals surface area (Å²) in [5.41, 5.74) is 13.3. The van der Waals surface area contributed by atoms with Gasteiger partial charge in [0.05, 0.1) is 6.54 Å². The van der Waals surface area contributed by atoms with Crippen molar-refractivity contribution in [2.45, 2.75) is 6.54 Å². The molecule has 0 saturated heterocycles. The molecule has 1 amide bonds. The van der Waals surface area contributed by atoms with Crippen molar-refractivity contribution in [1.29, 1.82) is 0 Å². The Morgan fingerprint density at radius 1 is 1.32 bits per heavy atom. The van der Waals surface area contributed by atoms with Crippen LogP contribution in [0, 0.1) is 0 Å². The Balaban J connectivity index is 2.19. The third-order valence-corrected chi connectivity index (χ3v) is 2.85. The van der Waals surface area contributed by atoms with E-state index in [0.717, 1.165) is 11.3 Å². The summed E-state index contributed by atoms with van der Waals surface area (Å²) in [5.74, 6) is -0.154. The summed E-state index contributed by atoms with van der Waals surface area (Å²) in [6, 6.07) is 9.52. The van der Waals surface area contributed by atoms with E-state index >= 15 is 0 Å². The third-order valence-electron chi connectivity index (χ3n) is 2.85. The molecule has 0 aliphatic rings. The zero-order valence-corrected chi connectivity index (χ0v) is 11.0. The number of carbonyl (C=O) groups excluding carboxylic acids is 1. The van der Waals surface area contributed by atoms with Gasteiger partial charge in [0.2, 0.25) is 0 Å². The van der Waals surface area contributed by atoms with Gasteiger partial charge in [0, 0.05) is 25.8 Å². The van der Waals surface area contributed by atoms with Gasteiger partial charge in [-0.2, -0.15) is 5.10 Å². The molecular weight excluding hydrogens is 242 g/mol. The Kier molecular flexibility index (Phi) is 3.41. The van der Waals surface area contributed by atoms with Gasteiger partial charge in [-0.3, -0.25) is 4.79 Å². The molecule has 6 nitrogen and oxygen atoms in total. The number of anilines is 2. The molecule has 1 heterocycles. The topological polar surface area (TPSA) is 90.2 Å². The van der Waals surface area contributed by atoms with Gasteiger partial charge < -0.3 is 16.4 Å². The minimum atomic E-state index is -0.576. The molecule has 2 rings (SSSR count). The molecule has 4 N–H and O–H groups in total. The molecule has 0 aliphatic carbocycles. The highest BCUT2D eigenvalue weighted by Crippen LogP contribution is 2.14. The molecule has 0 bridgehead atoms. The van der Waals surface area contributed by atoms with E-state index in [0.29, 0.717) is 12.4 Å². The Bertz CT molecular complexity index is 586. The average molecular weight is 259 g/mol. The maximum Gasteiger partial charge on any atom is 0.269 e. The molecule has 0 atom stereocenters. The van der Waals surface area contributed by atoms with Crippen molar-refractivity contribution in [3.05, 3.63) is 41.6 Å². The number of rotatable bonds is 4. The molecule has 1 aromatic heterocycles. The van der Waals surface area contributed by atoms with Crippen LogP contribution in [0.1, 0.15) is 16.1 Å². The number of nitrogens with two attached hydrogens (primary N) is 2. The van der Waals surface area contributed by atoms with E-state index in [1.165, 1.54) is 6.07 Å². The number of primary amides is 1. The number of carbonyl (C=O) groups is 1. The summed E-state index contributed by atoms with van der Waals surface area (Å²) in [6.07, 6.45) is 0. The highest BCUT2D eigenvalue weighted by atomic mass is 16.1. The maximum absolute atomic E-state index is 11.0. The average Bonchev–Trinajstić information content (AvgIpc) is 2.72. The number of aromatic nitrogens is 2. The van der Waals surface area contributed by atoms with E-state index in [-0.39, 0.29) is 5.69 Å². The molecular formula is C13H17N5O. The van der Waals surface area contributed by atoms with E-state index in [9.17, 15) is 4.79 Å². The lowest BCUT2D eigenvalue weighted by Gasteiger charge is -2.12. The number of amides is 1. The molecule has 6 heteroatoms. The van der Waals surface area contributed by atoms with Crippen molar-refractivity contribution in [2.24, 2.45) is 5.73 Å². The van der Waals surface area contributed by atoms with Crippen LogP contribution in [0.5, 0.6) is 0 Å². The quantitative estimate of drug-likeness (QED) is 0.844. The second kappa shape index (κ2) is 5.01. The summed E-state index contributed by atoms with van der Waals surface area (Å²) in [4.78, 5) is 13.0. The van der Waals surface area contributed by atoms with E-state index in [2.05, 4.69) is 5.10 Å². The van der Waals surface area contributed by atoms with Crippen molar-refractivity contribution in [2.75, 3.05) is 24.7 Å². The number of nitrogens with zero attached hydrogens (tertiary/aromatic N) is 3. The van der Waals surface area contributed by atoms with Crippen LogP contribution in [0.4, 0.5) is 11.5 Å². The number of nitrogen functional groups attached to an aromatic ring is 1. The number of hydrogen-bond donors (Lipinski definition) is 2. The van der Waals surface area contributed by atoms with Crippen molar-refractivity contribution in [3.8, 4) is 0 Å². The molecule has 100 valence electrons. The fraction of sp³-hybridized carbons (Fsp3) is 0.231. The summed E-state index contributed by atoms with van der Waals surface area (Å²) < 4.78 is 1.56. The van der Waals surface area contributed by atoms with Crippen molar-refractivity contribution < 1.29 is 4.79 Å². The lowest BCUT2D eigenvalue weighted by atomic mass is 10.2. The lowest BCUT2D eigenvalue weighted by molar-refractivity contribution is 0.0995. The normalized spacial score (nSPS) is 10.4. The zero-order valence-electron chi connectivity index (χ0n) is 11.0. The zero-order chi connectivity index (χ0) is 14.0. The van der Waals surface area contributed by atoms with Crippen molar-refractivity contribution in [1.82, 2.24) is 9.78 Å². The van der Waals surface area contributed by atoms with E-state index < -0.39 is 5.91 Å². The van der Waals surface area contributed by atoms with Gasteiger partial charge >= 0.3 is 0 Å². The van der Waals surface area contributed by atoms with Gasteiger partial charge in [0.1, 0.15) is 5.82 Å². The summed E-state index contributed by atoms with van der Waals surface area (Å²) in [5, 5.41) is 4.07. The summed E-state index contributed by atoms with van der Waals surface area (Å²) in [6.45, 7) is 0.507. The van der Waals surface area contributed by atoms with Gasteiger partial charge in [-0.15, -0.1) is 0 Å². The van der Waals surface area contributed by atoms with Crippen LogP contribution in [0.2, 0.25) is 0 Å². The highest BCUT2D eigenvalue weighted by Gasteiger charge is 2.09. The van der Waals surface area contributed by atoms with Crippen LogP contribution in [-0.4, -0.2) is 29.8 Å². The van der Waals surface area contributed by atoms with Crippen molar-refractivity contribution >= 4 is 17.4 Å². The minimum absolute atomic E-state index is 0.183. The molecule has 1 aromatic carbocycles. The molecule has 0 saturated carbocycles. The van der Waals surface area contributed by atoms with E-state index in [1.54, 1.807) is 4.68 Å². The van der Waals surface area contributed by atoms with Gasteiger partial charge in [-0.05, 0) is 17.7 Å². The van der Waals surface area contributed by atoms with E-state index in [1.807, 2.05) is 43.3 Å². The standard InChI is InChI=1S/C13H17N5O/c1-17(2)10-5-3-9(4-6-10)8-18-12(14)7-11(16-18)13(15)19/h3-7H,8,14H2,1-2H3,(H2,15,19). The fourth-order valence-electron chi connectivity index (χ4n) is 1.75. The SMILES string of the molecule is CN(C)c1ccc(Cn2nc(C(N)=O)cc2N)cc1. The molecule has 0 aliphatic heterocycles. The first-order chi connectivity index (χ1) is 8.97. The molecule has 2 aromatic rings. The predicted octanol–water partition coefficient (Wildman–Crippen LogP) is 0.679. The van der Waals surface area contributed by atoms with Gasteiger partial charge in [-0.1, -0.05) is 12.1 Å². The predicted molar refractivity (Wildman–Crippen MR) is 75.0 cm³/mol. The largest absolute Gasteiger partial charge is 0.384 e. The number of hydrogen-bond acceptors (Lipinski definition) is 4. The summed E-state index contributed by atoms with van der Waals surface area (Å²) in [7, 11) is 3.97. The maximum atomic E-state index is 11.0. The molecule has 19 heavy (non-hydrogen) atoms. The van der Waals surface area contributed by atoms with Crippen molar-refractivity contribution in [3.63, 3.8) is 0 Å². The lowest BCUT2D eigenvalue weighted by Crippen LogP contribution is -2.13. The second-order valence-electron chi connectivity index (χ2n) is 4.54. The van der Waals surface area contributed by atoms with Crippen LogP contribution < -0.4 is 16.4 Å². The molecule has 0 radical (unpaired) electrons. The Morgan fingerprint density at radius 2 is 1.95 bits per heavy atom. The van der Waals surface area contributed by atoms with Gasteiger partial charge in [-0.25, -0.2) is 4.68 Å². The first-order valence-corrected chi connectivity index (χ1v) is 5.87. The van der Waals surface area contributed by atoms with Gasteiger partial charge in [0.25, 0.3) is 5.91 Å².